The molecule has 0 radical (unpaired) electrons. The van der Waals surface area contributed by atoms with Gasteiger partial charge in [-0.25, -0.2) is 0 Å². The lowest BCUT2D eigenvalue weighted by molar-refractivity contribution is -0.142. The van der Waals surface area contributed by atoms with Crippen molar-refractivity contribution in [2.24, 2.45) is 5.92 Å². The Morgan fingerprint density at radius 2 is 2.29 bits per heavy atom. The molecule has 1 saturated carbocycles. The average molecular weight is 238 g/mol. The Morgan fingerprint density at radius 3 is 2.88 bits per heavy atom. The summed E-state index contributed by atoms with van der Waals surface area (Å²) in [6.07, 6.45) is 2.12. The molecule has 1 aliphatic carbocycles. The number of aromatic nitrogens is 1. The van der Waals surface area contributed by atoms with Gasteiger partial charge in [-0.1, -0.05) is 11.6 Å². The first kappa shape index (κ1) is 11.6. The molecule has 0 aliphatic heterocycles. The maximum Gasteiger partial charge on any atom is 0.308 e. The normalized spacial score (nSPS) is 23.6. The SMILES string of the molecule is Cc1cc(C(=O)N[C@@H]2CCC[C@@H]2C(=O)O)no1. The largest absolute Gasteiger partial charge is 0.481 e. The summed E-state index contributed by atoms with van der Waals surface area (Å²) in [5, 5.41) is 15.3. The van der Waals surface area contributed by atoms with Crippen molar-refractivity contribution in [2.75, 3.05) is 0 Å². The minimum absolute atomic E-state index is 0.193. The highest BCUT2D eigenvalue weighted by molar-refractivity contribution is 5.92. The number of carboxylic acids is 1. The predicted octanol–water partition coefficient (Wildman–Crippen LogP) is 0.966. The van der Waals surface area contributed by atoms with E-state index in [4.69, 9.17) is 9.63 Å². The third kappa shape index (κ3) is 2.46. The van der Waals surface area contributed by atoms with E-state index in [1.54, 1.807) is 6.92 Å². The van der Waals surface area contributed by atoms with Crippen LogP contribution in [0.2, 0.25) is 0 Å². The van der Waals surface area contributed by atoms with Gasteiger partial charge in [0.05, 0.1) is 5.92 Å². The monoisotopic (exact) mass is 238 g/mol. The fraction of sp³-hybridized carbons (Fsp3) is 0.545. The van der Waals surface area contributed by atoms with Gasteiger partial charge in [-0.15, -0.1) is 0 Å². The number of aliphatic carboxylic acids is 1. The average Bonchev–Trinajstić information content (AvgIpc) is 2.86. The number of carboxylic acid groups (broad SMARTS) is 1. The molecule has 0 spiro atoms. The number of nitrogens with zero attached hydrogens (tertiary/aromatic N) is 1. The lowest BCUT2D eigenvalue weighted by atomic mass is 10.0. The maximum atomic E-state index is 11.8. The van der Waals surface area contributed by atoms with Gasteiger partial charge in [0.2, 0.25) is 0 Å². The minimum atomic E-state index is -0.857. The van der Waals surface area contributed by atoms with E-state index in [1.807, 2.05) is 0 Å². The standard InChI is InChI=1S/C11H14N2O4/c1-6-5-9(13-17-6)10(14)12-8-4-2-3-7(8)11(15)16/h5,7-8H,2-4H2,1H3,(H,12,14)(H,15,16)/t7-,8+/m0/s1. The number of hydrogen-bond donors (Lipinski definition) is 2. The minimum Gasteiger partial charge on any atom is -0.481 e. The smallest absolute Gasteiger partial charge is 0.308 e. The van der Waals surface area contributed by atoms with Crippen molar-refractivity contribution < 1.29 is 19.2 Å². The van der Waals surface area contributed by atoms with Gasteiger partial charge in [-0.05, 0) is 19.8 Å². The van der Waals surface area contributed by atoms with E-state index in [1.165, 1.54) is 6.07 Å². The van der Waals surface area contributed by atoms with Crippen LogP contribution >= 0.6 is 0 Å². The van der Waals surface area contributed by atoms with E-state index >= 15 is 0 Å². The molecule has 2 atom stereocenters. The molecule has 0 aromatic carbocycles. The molecular weight excluding hydrogens is 224 g/mol. The maximum absolute atomic E-state index is 11.8. The van der Waals surface area contributed by atoms with E-state index in [0.717, 1.165) is 6.42 Å². The van der Waals surface area contributed by atoms with Crippen LogP contribution in [-0.2, 0) is 4.79 Å². The first-order valence-electron chi connectivity index (χ1n) is 5.55. The molecule has 1 aromatic heterocycles. The lowest BCUT2D eigenvalue weighted by Crippen LogP contribution is -2.40. The Kier molecular flexibility index (Phi) is 3.12. The third-order valence-corrected chi connectivity index (χ3v) is 3.01. The molecule has 17 heavy (non-hydrogen) atoms. The van der Waals surface area contributed by atoms with Crippen molar-refractivity contribution in [3.8, 4) is 0 Å². The van der Waals surface area contributed by atoms with Crippen molar-refractivity contribution in [1.82, 2.24) is 10.5 Å². The van der Waals surface area contributed by atoms with Crippen LogP contribution in [0.1, 0.15) is 35.5 Å². The molecule has 0 bridgehead atoms. The van der Waals surface area contributed by atoms with E-state index < -0.39 is 11.9 Å². The van der Waals surface area contributed by atoms with Crippen LogP contribution in [0.3, 0.4) is 0 Å². The summed E-state index contributed by atoms with van der Waals surface area (Å²) in [7, 11) is 0. The molecule has 6 nitrogen and oxygen atoms in total. The summed E-state index contributed by atoms with van der Waals surface area (Å²) < 4.78 is 4.80. The zero-order valence-electron chi connectivity index (χ0n) is 9.47. The first-order valence-corrected chi connectivity index (χ1v) is 5.55. The fourth-order valence-corrected chi connectivity index (χ4v) is 2.14. The molecule has 0 saturated heterocycles. The van der Waals surface area contributed by atoms with Crippen LogP contribution in [0.15, 0.2) is 10.6 Å². The molecule has 2 rings (SSSR count). The quantitative estimate of drug-likeness (QED) is 0.818. The molecule has 1 amide bonds. The fourth-order valence-electron chi connectivity index (χ4n) is 2.14. The highest BCUT2D eigenvalue weighted by Gasteiger charge is 2.34. The van der Waals surface area contributed by atoms with E-state index in [0.29, 0.717) is 18.6 Å². The van der Waals surface area contributed by atoms with E-state index in [9.17, 15) is 9.59 Å². The first-order chi connectivity index (χ1) is 8.08. The van der Waals surface area contributed by atoms with Gasteiger partial charge in [0.1, 0.15) is 5.76 Å². The molecule has 0 unspecified atom stereocenters. The topological polar surface area (TPSA) is 92.4 Å². The number of hydrogen-bond acceptors (Lipinski definition) is 4. The van der Waals surface area contributed by atoms with E-state index in [-0.39, 0.29) is 17.6 Å². The van der Waals surface area contributed by atoms with Crippen LogP contribution in [-0.4, -0.2) is 28.2 Å². The van der Waals surface area contributed by atoms with Gasteiger partial charge in [0, 0.05) is 12.1 Å². The molecule has 1 heterocycles. The molecule has 1 aliphatic rings. The van der Waals surface area contributed by atoms with Crippen molar-refractivity contribution in [3.63, 3.8) is 0 Å². The van der Waals surface area contributed by atoms with Gasteiger partial charge in [0.25, 0.3) is 5.91 Å². The predicted molar refractivity (Wildman–Crippen MR) is 57.5 cm³/mol. The van der Waals surface area contributed by atoms with Gasteiger partial charge >= 0.3 is 5.97 Å². The zero-order chi connectivity index (χ0) is 12.4. The molecule has 2 N–H and O–H groups in total. The summed E-state index contributed by atoms with van der Waals surface area (Å²) in [5.74, 6) is -1.17. The Bertz CT molecular complexity index is 440. The van der Waals surface area contributed by atoms with Crippen LogP contribution < -0.4 is 5.32 Å². The summed E-state index contributed by atoms with van der Waals surface area (Å²) >= 11 is 0. The van der Waals surface area contributed by atoms with Gasteiger partial charge in [-0.2, -0.15) is 0 Å². The molecular formula is C11H14N2O4. The molecule has 1 fully saturated rings. The summed E-state index contributed by atoms with van der Waals surface area (Å²) in [6.45, 7) is 1.69. The lowest BCUT2D eigenvalue weighted by Gasteiger charge is -2.16. The van der Waals surface area contributed by atoms with Crippen LogP contribution in [0.25, 0.3) is 0 Å². The highest BCUT2D eigenvalue weighted by atomic mass is 16.5. The zero-order valence-corrected chi connectivity index (χ0v) is 9.47. The Labute approximate surface area is 98.0 Å². The number of rotatable bonds is 3. The number of carbonyl (C=O) groups is 2. The van der Waals surface area contributed by atoms with Gasteiger partial charge < -0.3 is 14.9 Å². The molecule has 6 heteroatoms. The third-order valence-electron chi connectivity index (χ3n) is 3.01. The van der Waals surface area contributed by atoms with Gasteiger partial charge in [0.15, 0.2) is 5.69 Å². The number of amides is 1. The van der Waals surface area contributed by atoms with Crippen molar-refractivity contribution in [1.29, 1.82) is 0 Å². The van der Waals surface area contributed by atoms with Crippen molar-refractivity contribution >= 4 is 11.9 Å². The van der Waals surface area contributed by atoms with E-state index in [2.05, 4.69) is 10.5 Å². The molecule has 92 valence electrons. The van der Waals surface area contributed by atoms with Crippen LogP contribution in [0.4, 0.5) is 0 Å². The Morgan fingerprint density at radius 1 is 1.53 bits per heavy atom. The van der Waals surface area contributed by atoms with Crippen molar-refractivity contribution in [2.45, 2.75) is 32.2 Å². The Balaban J connectivity index is 2.01. The highest BCUT2D eigenvalue weighted by Crippen LogP contribution is 2.26. The number of carbonyl (C=O) groups excluding carboxylic acids is 1. The number of nitrogens with one attached hydrogen (secondary N) is 1. The number of aryl methyl sites for hydroxylation is 1. The summed E-state index contributed by atoms with van der Waals surface area (Å²) in [5.41, 5.74) is 0.193. The molecule has 1 aromatic rings. The second-order valence-electron chi connectivity index (χ2n) is 4.28. The summed E-state index contributed by atoms with van der Waals surface area (Å²) in [4.78, 5) is 22.7. The second kappa shape index (κ2) is 4.57. The van der Waals surface area contributed by atoms with Gasteiger partial charge in [-0.3, -0.25) is 9.59 Å². The summed E-state index contributed by atoms with van der Waals surface area (Å²) in [6, 6.07) is 1.22. The van der Waals surface area contributed by atoms with Crippen LogP contribution in [0.5, 0.6) is 0 Å². The van der Waals surface area contributed by atoms with Crippen LogP contribution in [0, 0.1) is 12.8 Å². The Hall–Kier alpha value is -1.85. The second-order valence-corrected chi connectivity index (χ2v) is 4.28. The van der Waals surface area contributed by atoms with Crippen molar-refractivity contribution in [3.05, 3.63) is 17.5 Å².